The molecule has 0 aromatic rings. The molecule has 3 nitrogen and oxygen atoms in total. The zero-order chi connectivity index (χ0) is 10.9. The second-order valence-electron chi connectivity index (χ2n) is 5.65. The molecular weight excluding hydrogens is 186 g/mol. The lowest BCUT2D eigenvalue weighted by Crippen LogP contribution is -2.57. The third-order valence-corrected chi connectivity index (χ3v) is 4.05. The van der Waals surface area contributed by atoms with Crippen LogP contribution in [-0.2, 0) is 0 Å². The predicted octanol–water partition coefficient (Wildman–Crippen LogP) is 0.894. The molecule has 88 valence electrons. The van der Waals surface area contributed by atoms with Crippen molar-refractivity contribution in [1.82, 2.24) is 9.80 Å². The Hall–Kier alpha value is -0.120. The lowest BCUT2D eigenvalue weighted by molar-refractivity contribution is 0.115. The van der Waals surface area contributed by atoms with Gasteiger partial charge in [-0.2, -0.15) is 0 Å². The van der Waals surface area contributed by atoms with E-state index in [4.69, 9.17) is 5.73 Å². The number of likely N-dealkylation sites (N-methyl/N-ethyl adjacent to an activating group) is 1. The lowest BCUT2D eigenvalue weighted by Gasteiger charge is -2.43. The highest BCUT2D eigenvalue weighted by Crippen LogP contribution is 2.30. The maximum atomic E-state index is 6.33. The van der Waals surface area contributed by atoms with Crippen LogP contribution in [0.1, 0.15) is 32.6 Å². The zero-order valence-electron chi connectivity index (χ0n) is 10.2. The summed E-state index contributed by atoms with van der Waals surface area (Å²) in [6.07, 6.45) is 5.08. The molecule has 0 radical (unpaired) electrons. The van der Waals surface area contributed by atoms with Crippen LogP contribution in [0.2, 0.25) is 0 Å². The summed E-state index contributed by atoms with van der Waals surface area (Å²) in [4.78, 5) is 5.04. The second-order valence-corrected chi connectivity index (χ2v) is 5.65. The zero-order valence-corrected chi connectivity index (χ0v) is 10.2. The highest BCUT2D eigenvalue weighted by molar-refractivity contribution is 4.96. The number of nitrogens with zero attached hydrogens (tertiary/aromatic N) is 2. The molecule has 0 aromatic carbocycles. The minimum Gasteiger partial charge on any atom is -0.324 e. The standard InChI is InChI=1S/C12H25N3/c1-11-9-14(2)7-4-8-15(11)10-12(13)5-3-6-12/h11H,3-10,13H2,1-2H3. The molecule has 2 N–H and O–H groups in total. The molecule has 0 spiro atoms. The summed E-state index contributed by atoms with van der Waals surface area (Å²) in [5, 5.41) is 0. The van der Waals surface area contributed by atoms with Gasteiger partial charge in [-0.1, -0.05) is 0 Å². The highest BCUT2D eigenvalue weighted by atomic mass is 15.2. The largest absolute Gasteiger partial charge is 0.324 e. The average Bonchev–Trinajstić information content (AvgIpc) is 2.26. The van der Waals surface area contributed by atoms with Gasteiger partial charge in [0.25, 0.3) is 0 Å². The molecule has 1 unspecified atom stereocenters. The summed E-state index contributed by atoms with van der Waals surface area (Å²) < 4.78 is 0. The molecular formula is C12H25N3. The van der Waals surface area contributed by atoms with E-state index in [9.17, 15) is 0 Å². The van der Waals surface area contributed by atoms with Crippen LogP contribution in [0.4, 0.5) is 0 Å². The molecule has 0 aromatic heterocycles. The van der Waals surface area contributed by atoms with Crippen LogP contribution >= 0.6 is 0 Å². The van der Waals surface area contributed by atoms with Crippen LogP contribution in [-0.4, -0.2) is 54.6 Å². The molecule has 1 saturated heterocycles. The lowest BCUT2D eigenvalue weighted by atomic mass is 9.77. The van der Waals surface area contributed by atoms with Crippen molar-refractivity contribution in [2.75, 3.05) is 33.2 Å². The van der Waals surface area contributed by atoms with Gasteiger partial charge in [-0.25, -0.2) is 0 Å². The summed E-state index contributed by atoms with van der Waals surface area (Å²) in [5.41, 5.74) is 6.48. The minimum absolute atomic E-state index is 0.150. The summed E-state index contributed by atoms with van der Waals surface area (Å²) in [6.45, 7) is 7.10. The molecule has 2 fully saturated rings. The Morgan fingerprint density at radius 1 is 1.27 bits per heavy atom. The van der Waals surface area contributed by atoms with Crippen LogP contribution in [0.25, 0.3) is 0 Å². The van der Waals surface area contributed by atoms with Gasteiger partial charge in [0.2, 0.25) is 0 Å². The first-order valence-corrected chi connectivity index (χ1v) is 6.31. The van der Waals surface area contributed by atoms with E-state index in [2.05, 4.69) is 23.8 Å². The molecule has 1 heterocycles. The van der Waals surface area contributed by atoms with Crippen molar-refractivity contribution < 1.29 is 0 Å². The van der Waals surface area contributed by atoms with E-state index in [-0.39, 0.29) is 5.54 Å². The Morgan fingerprint density at radius 3 is 2.60 bits per heavy atom. The quantitative estimate of drug-likeness (QED) is 0.736. The van der Waals surface area contributed by atoms with Crippen molar-refractivity contribution in [1.29, 1.82) is 0 Å². The first-order chi connectivity index (χ1) is 7.09. The van der Waals surface area contributed by atoms with Gasteiger partial charge in [-0.15, -0.1) is 0 Å². The molecule has 1 atom stereocenters. The fourth-order valence-electron chi connectivity index (χ4n) is 2.85. The summed E-state index contributed by atoms with van der Waals surface area (Å²) in [5.74, 6) is 0. The van der Waals surface area contributed by atoms with Gasteiger partial charge in [-0.3, -0.25) is 4.90 Å². The molecule has 1 saturated carbocycles. The van der Waals surface area contributed by atoms with Gasteiger partial charge in [0.15, 0.2) is 0 Å². The van der Waals surface area contributed by atoms with Gasteiger partial charge < -0.3 is 10.6 Å². The smallest absolute Gasteiger partial charge is 0.0283 e. The van der Waals surface area contributed by atoms with E-state index in [0.29, 0.717) is 6.04 Å². The molecule has 2 aliphatic rings. The first kappa shape index (κ1) is 11.4. The fraction of sp³-hybridized carbons (Fsp3) is 1.00. The summed E-state index contributed by atoms with van der Waals surface area (Å²) >= 11 is 0. The Bertz CT molecular complexity index is 213. The van der Waals surface area contributed by atoms with Crippen molar-refractivity contribution in [3.8, 4) is 0 Å². The van der Waals surface area contributed by atoms with E-state index < -0.39 is 0 Å². The molecule has 3 heteroatoms. The highest BCUT2D eigenvalue weighted by Gasteiger charge is 2.35. The monoisotopic (exact) mass is 211 g/mol. The normalized spacial score (nSPS) is 33.4. The van der Waals surface area contributed by atoms with E-state index >= 15 is 0 Å². The molecule has 0 amide bonds. The van der Waals surface area contributed by atoms with Gasteiger partial charge in [-0.05, 0) is 52.7 Å². The van der Waals surface area contributed by atoms with Crippen molar-refractivity contribution >= 4 is 0 Å². The third kappa shape index (κ3) is 2.71. The summed E-state index contributed by atoms with van der Waals surface area (Å²) in [6, 6.07) is 0.665. The fourth-order valence-corrected chi connectivity index (χ4v) is 2.85. The van der Waals surface area contributed by atoms with Gasteiger partial charge >= 0.3 is 0 Å². The van der Waals surface area contributed by atoms with Gasteiger partial charge in [0, 0.05) is 24.7 Å². The molecule has 15 heavy (non-hydrogen) atoms. The number of hydrogen-bond acceptors (Lipinski definition) is 3. The maximum absolute atomic E-state index is 6.33. The van der Waals surface area contributed by atoms with E-state index in [1.54, 1.807) is 0 Å². The number of nitrogens with two attached hydrogens (primary N) is 1. The predicted molar refractivity (Wildman–Crippen MR) is 63.9 cm³/mol. The van der Waals surface area contributed by atoms with E-state index in [1.807, 2.05) is 0 Å². The minimum atomic E-state index is 0.150. The van der Waals surface area contributed by atoms with Gasteiger partial charge in [0.05, 0.1) is 0 Å². The van der Waals surface area contributed by atoms with Crippen molar-refractivity contribution in [2.45, 2.75) is 44.2 Å². The third-order valence-electron chi connectivity index (χ3n) is 4.05. The van der Waals surface area contributed by atoms with Crippen LogP contribution < -0.4 is 5.73 Å². The van der Waals surface area contributed by atoms with Crippen molar-refractivity contribution in [2.24, 2.45) is 5.73 Å². The molecule has 1 aliphatic heterocycles. The maximum Gasteiger partial charge on any atom is 0.0283 e. The second kappa shape index (κ2) is 4.40. The van der Waals surface area contributed by atoms with Crippen LogP contribution in [0, 0.1) is 0 Å². The van der Waals surface area contributed by atoms with E-state index in [1.165, 1.54) is 45.3 Å². The van der Waals surface area contributed by atoms with Crippen LogP contribution in [0.3, 0.4) is 0 Å². The van der Waals surface area contributed by atoms with Crippen molar-refractivity contribution in [3.05, 3.63) is 0 Å². The Labute approximate surface area is 93.6 Å². The molecule has 0 bridgehead atoms. The average molecular weight is 211 g/mol. The van der Waals surface area contributed by atoms with Crippen LogP contribution in [0.5, 0.6) is 0 Å². The van der Waals surface area contributed by atoms with Gasteiger partial charge in [0.1, 0.15) is 0 Å². The Balaban J connectivity index is 1.89. The number of hydrogen-bond donors (Lipinski definition) is 1. The van der Waals surface area contributed by atoms with Crippen LogP contribution in [0.15, 0.2) is 0 Å². The first-order valence-electron chi connectivity index (χ1n) is 6.31. The number of rotatable bonds is 2. The SMILES string of the molecule is CC1CN(C)CCCN1CC1(N)CCC1. The summed E-state index contributed by atoms with van der Waals surface area (Å²) in [7, 11) is 2.22. The Kier molecular flexibility index (Phi) is 3.33. The topological polar surface area (TPSA) is 32.5 Å². The van der Waals surface area contributed by atoms with E-state index in [0.717, 1.165) is 6.54 Å². The Morgan fingerprint density at radius 2 is 2.00 bits per heavy atom. The molecule has 2 rings (SSSR count). The van der Waals surface area contributed by atoms with Crippen molar-refractivity contribution in [3.63, 3.8) is 0 Å². The molecule has 1 aliphatic carbocycles.